The largest absolute Gasteiger partial charge is 0.494 e. The van der Waals surface area contributed by atoms with Crippen molar-refractivity contribution in [1.29, 1.82) is 0 Å². The summed E-state index contributed by atoms with van der Waals surface area (Å²) >= 11 is 0. The number of hydrogen-bond donors (Lipinski definition) is 0. The van der Waals surface area contributed by atoms with Gasteiger partial charge in [-0.3, -0.25) is 0 Å². The van der Waals surface area contributed by atoms with Gasteiger partial charge < -0.3 is 14.2 Å². The molecule has 0 amide bonds. The summed E-state index contributed by atoms with van der Waals surface area (Å²) in [4.78, 5) is 0. The average molecular weight is 222 g/mol. The number of benzene rings is 1. The first kappa shape index (κ1) is 11.4. The summed E-state index contributed by atoms with van der Waals surface area (Å²) in [5.74, 6) is 0.941. The lowest BCUT2D eigenvalue weighted by Crippen LogP contribution is -2.36. The number of ether oxygens (including phenoxy) is 3. The monoisotopic (exact) mass is 222 g/mol. The standard InChI is InChI=1S/C13H18O3/c1-2-6-12(7-3-1)15-8-4-5-9-16-13-10-14-11-13/h1-3,6-7,13H,4-5,8-11H2. The number of unbranched alkanes of at least 4 members (excludes halogenated alkanes) is 1. The summed E-state index contributed by atoms with van der Waals surface area (Å²) in [6.07, 6.45) is 2.42. The zero-order chi connectivity index (χ0) is 11.1. The van der Waals surface area contributed by atoms with Crippen LogP contribution < -0.4 is 4.74 Å². The van der Waals surface area contributed by atoms with Crippen molar-refractivity contribution in [3.8, 4) is 5.75 Å². The van der Waals surface area contributed by atoms with E-state index in [1.165, 1.54) is 0 Å². The van der Waals surface area contributed by atoms with Gasteiger partial charge in [-0.2, -0.15) is 0 Å². The van der Waals surface area contributed by atoms with E-state index in [0.717, 1.165) is 45.0 Å². The van der Waals surface area contributed by atoms with Crippen LogP contribution in [0.15, 0.2) is 30.3 Å². The van der Waals surface area contributed by atoms with Gasteiger partial charge in [-0.25, -0.2) is 0 Å². The molecule has 0 saturated carbocycles. The first-order valence-corrected chi connectivity index (χ1v) is 5.82. The summed E-state index contributed by atoms with van der Waals surface area (Å²) in [5.41, 5.74) is 0. The maximum absolute atomic E-state index is 5.57. The van der Waals surface area contributed by atoms with Crippen molar-refractivity contribution >= 4 is 0 Å². The normalized spacial score (nSPS) is 15.8. The second kappa shape index (κ2) is 6.51. The van der Waals surface area contributed by atoms with Crippen molar-refractivity contribution in [3.05, 3.63) is 30.3 Å². The number of para-hydroxylation sites is 1. The highest BCUT2D eigenvalue weighted by Crippen LogP contribution is 2.09. The lowest BCUT2D eigenvalue weighted by Gasteiger charge is -2.25. The maximum Gasteiger partial charge on any atom is 0.119 e. The van der Waals surface area contributed by atoms with Crippen LogP contribution in [0.4, 0.5) is 0 Å². The predicted molar refractivity (Wildman–Crippen MR) is 61.7 cm³/mol. The van der Waals surface area contributed by atoms with Gasteiger partial charge in [-0.05, 0) is 25.0 Å². The third-order valence-electron chi connectivity index (χ3n) is 2.51. The minimum Gasteiger partial charge on any atom is -0.494 e. The van der Waals surface area contributed by atoms with Crippen LogP contribution in [0.25, 0.3) is 0 Å². The molecule has 16 heavy (non-hydrogen) atoms. The van der Waals surface area contributed by atoms with E-state index in [2.05, 4.69) is 0 Å². The molecule has 0 bridgehead atoms. The SMILES string of the molecule is c1ccc(OCCCCOC2COC2)cc1. The topological polar surface area (TPSA) is 27.7 Å². The molecule has 3 nitrogen and oxygen atoms in total. The molecular weight excluding hydrogens is 204 g/mol. The van der Waals surface area contributed by atoms with Crippen molar-refractivity contribution in [3.63, 3.8) is 0 Å². The van der Waals surface area contributed by atoms with E-state index in [4.69, 9.17) is 14.2 Å². The van der Waals surface area contributed by atoms with Crippen molar-refractivity contribution in [2.75, 3.05) is 26.4 Å². The molecule has 0 atom stereocenters. The molecule has 0 unspecified atom stereocenters. The van der Waals surface area contributed by atoms with Crippen LogP contribution in [-0.4, -0.2) is 32.5 Å². The highest BCUT2D eigenvalue weighted by atomic mass is 16.6. The Morgan fingerprint density at radius 1 is 1.06 bits per heavy atom. The molecule has 1 aromatic rings. The first-order chi connectivity index (χ1) is 7.95. The lowest BCUT2D eigenvalue weighted by atomic mass is 10.3. The second-order valence-corrected chi connectivity index (χ2v) is 3.90. The molecule has 3 heteroatoms. The Labute approximate surface area is 96.3 Å². The molecule has 88 valence electrons. The van der Waals surface area contributed by atoms with E-state index >= 15 is 0 Å². The van der Waals surface area contributed by atoms with Crippen molar-refractivity contribution in [1.82, 2.24) is 0 Å². The Kier molecular flexibility index (Phi) is 4.65. The molecule has 2 rings (SSSR count). The fourth-order valence-corrected chi connectivity index (χ4v) is 1.47. The lowest BCUT2D eigenvalue weighted by molar-refractivity contribution is -0.130. The second-order valence-electron chi connectivity index (χ2n) is 3.90. The summed E-state index contributed by atoms with van der Waals surface area (Å²) in [7, 11) is 0. The molecule has 0 radical (unpaired) electrons. The van der Waals surface area contributed by atoms with Gasteiger partial charge in [0.15, 0.2) is 0 Å². The predicted octanol–water partition coefficient (Wildman–Crippen LogP) is 2.26. The van der Waals surface area contributed by atoms with Gasteiger partial charge in [0.25, 0.3) is 0 Å². The van der Waals surface area contributed by atoms with Crippen LogP contribution in [-0.2, 0) is 9.47 Å². The molecule has 0 spiro atoms. The smallest absolute Gasteiger partial charge is 0.119 e. The first-order valence-electron chi connectivity index (χ1n) is 5.82. The quantitative estimate of drug-likeness (QED) is 0.662. The molecule has 1 aliphatic rings. The Hall–Kier alpha value is -1.06. The number of hydrogen-bond acceptors (Lipinski definition) is 3. The van der Waals surface area contributed by atoms with Gasteiger partial charge in [0.2, 0.25) is 0 Å². The Morgan fingerprint density at radius 2 is 1.81 bits per heavy atom. The van der Waals surface area contributed by atoms with E-state index in [9.17, 15) is 0 Å². The van der Waals surface area contributed by atoms with E-state index in [1.54, 1.807) is 0 Å². The van der Waals surface area contributed by atoms with Crippen molar-refractivity contribution in [2.45, 2.75) is 18.9 Å². The molecule has 1 aromatic carbocycles. The summed E-state index contributed by atoms with van der Waals surface area (Å²) in [6.45, 7) is 3.10. The van der Waals surface area contributed by atoms with Gasteiger partial charge in [0.1, 0.15) is 11.9 Å². The van der Waals surface area contributed by atoms with E-state index in [-0.39, 0.29) is 0 Å². The van der Waals surface area contributed by atoms with Crippen LogP contribution in [0, 0.1) is 0 Å². The van der Waals surface area contributed by atoms with E-state index < -0.39 is 0 Å². The maximum atomic E-state index is 5.57. The van der Waals surface area contributed by atoms with Gasteiger partial charge in [0, 0.05) is 6.61 Å². The van der Waals surface area contributed by atoms with Crippen molar-refractivity contribution < 1.29 is 14.2 Å². The number of rotatable bonds is 7. The van der Waals surface area contributed by atoms with Crippen LogP contribution in [0.3, 0.4) is 0 Å². The minimum absolute atomic E-state index is 0.343. The minimum atomic E-state index is 0.343. The van der Waals surface area contributed by atoms with Crippen LogP contribution in [0.1, 0.15) is 12.8 Å². The third kappa shape index (κ3) is 3.83. The highest BCUT2D eigenvalue weighted by Gasteiger charge is 2.17. The van der Waals surface area contributed by atoms with Gasteiger partial charge in [0.05, 0.1) is 19.8 Å². The fraction of sp³-hybridized carbons (Fsp3) is 0.538. The molecule has 1 aliphatic heterocycles. The average Bonchev–Trinajstić information content (AvgIpc) is 2.27. The molecule has 0 N–H and O–H groups in total. The van der Waals surface area contributed by atoms with E-state index in [1.807, 2.05) is 30.3 Å². The molecular formula is C13H18O3. The Bertz CT molecular complexity index is 282. The van der Waals surface area contributed by atoms with E-state index in [0.29, 0.717) is 6.10 Å². The molecule has 1 fully saturated rings. The van der Waals surface area contributed by atoms with Gasteiger partial charge in [-0.15, -0.1) is 0 Å². The van der Waals surface area contributed by atoms with Gasteiger partial charge >= 0.3 is 0 Å². The Balaban J connectivity index is 1.45. The zero-order valence-corrected chi connectivity index (χ0v) is 9.43. The summed E-state index contributed by atoms with van der Waals surface area (Å²) < 4.78 is 16.1. The van der Waals surface area contributed by atoms with Crippen molar-refractivity contribution in [2.24, 2.45) is 0 Å². The highest BCUT2D eigenvalue weighted by molar-refractivity contribution is 5.20. The third-order valence-corrected chi connectivity index (χ3v) is 2.51. The van der Waals surface area contributed by atoms with Crippen LogP contribution >= 0.6 is 0 Å². The van der Waals surface area contributed by atoms with Crippen LogP contribution in [0.2, 0.25) is 0 Å². The molecule has 1 heterocycles. The molecule has 1 saturated heterocycles. The van der Waals surface area contributed by atoms with Gasteiger partial charge in [-0.1, -0.05) is 18.2 Å². The zero-order valence-electron chi connectivity index (χ0n) is 9.43. The molecule has 0 aliphatic carbocycles. The van der Waals surface area contributed by atoms with Crippen LogP contribution in [0.5, 0.6) is 5.75 Å². The fourth-order valence-electron chi connectivity index (χ4n) is 1.47. The summed E-state index contributed by atoms with van der Waals surface area (Å²) in [5, 5.41) is 0. The molecule has 0 aromatic heterocycles. The summed E-state index contributed by atoms with van der Waals surface area (Å²) in [6, 6.07) is 9.90. The Morgan fingerprint density at radius 3 is 2.50 bits per heavy atom.